The predicted molar refractivity (Wildman–Crippen MR) is 98.7 cm³/mol. The van der Waals surface area contributed by atoms with Crippen LogP contribution in [0.2, 0.25) is 0 Å². The van der Waals surface area contributed by atoms with Crippen molar-refractivity contribution in [2.24, 2.45) is 5.41 Å². The van der Waals surface area contributed by atoms with Gasteiger partial charge < -0.3 is 19.1 Å². The molecule has 1 aliphatic carbocycles. The van der Waals surface area contributed by atoms with Crippen LogP contribution in [0.15, 0.2) is 24.7 Å². The highest BCUT2D eigenvalue weighted by Crippen LogP contribution is 2.45. The summed E-state index contributed by atoms with van der Waals surface area (Å²) in [6, 6.07) is 2.30. The van der Waals surface area contributed by atoms with E-state index in [-0.39, 0.29) is 5.69 Å². The van der Waals surface area contributed by atoms with Gasteiger partial charge in [0, 0.05) is 25.5 Å². The molecule has 9 heteroatoms. The minimum Gasteiger partial charge on any atom is -0.476 e. The number of pyridine rings is 1. The number of ether oxygens (including phenoxy) is 1. The zero-order valence-corrected chi connectivity index (χ0v) is 15.3. The first kappa shape index (κ1) is 16.1. The summed E-state index contributed by atoms with van der Waals surface area (Å²) in [4.78, 5) is 18.2. The van der Waals surface area contributed by atoms with E-state index in [1.54, 1.807) is 0 Å². The van der Waals surface area contributed by atoms with E-state index in [0.29, 0.717) is 17.9 Å². The predicted octanol–water partition coefficient (Wildman–Crippen LogP) is 1.39. The van der Waals surface area contributed by atoms with Gasteiger partial charge in [-0.15, -0.1) is 5.10 Å². The van der Waals surface area contributed by atoms with Crippen molar-refractivity contribution in [3.63, 3.8) is 0 Å². The van der Waals surface area contributed by atoms with E-state index in [1.807, 2.05) is 6.20 Å². The van der Waals surface area contributed by atoms with Crippen LogP contribution in [-0.2, 0) is 11.3 Å². The molecule has 0 radical (unpaired) electrons. The topological polar surface area (TPSA) is 97.8 Å². The average molecular weight is 380 g/mol. The van der Waals surface area contributed by atoms with Crippen LogP contribution >= 0.6 is 0 Å². The van der Waals surface area contributed by atoms with Crippen LogP contribution < -0.4 is 4.90 Å². The molecule has 3 aromatic rings. The van der Waals surface area contributed by atoms with Gasteiger partial charge in [0.15, 0.2) is 11.3 Å². The molecule has 1 spiro atoms. The molecule has 0 amide bonds. The lowest BCUT2D eigenvalue weighted by molar-refractivity contribution is -0.126. The number of aromatic carboxylic acids is 1. The molecule has 0 unspecified atom stereocenters. The fourth-order valence-electron chi connectivity index (χ4n) is 4.25. The smallest absolute Gasteiger partial charge is 0.358 e. The summed E-state index contributed by atoms with van der Waals surface area (Å²) in [6.07, 6.45) is 8.12. The van der Waals surface area contributed by atoms with E-state index in [9.17, 15) is 4.79 Å². The molecule has 0 atom stereocenters. The van der Waals surface area contributed by atoms with Crippen molar-refractivity contribution in [1.29, 1.82) is 0 Å². The Balaban J connectivity index is 1.34. The highest BCUT2D eigenvalue weighted by atomic mass is 16.5. The Kier molecular flexibility index (Phi) is 3.18. The van der Waals surface area contributed by atoms with Gasteiger partial charge >= 0.3 is 5.97 Å². The molecular formula is C19H20N6O3. The first-order valence-electron chi connectivity index (χ1n) is 9.56. The Morgan fingerprint density at radius 1 is 1.25 bits per heavy atom. The van der Waals surface area contributed by atoms with Crippen LogP contribution in [0.25, 0.3) is 5.65 Å². The molecule has 6 rings (SSSR count). The SMILES string of the molecule is O=C(O)c1cn(Cc2cn3cc(C4CC4)cc(N4CC5(COC5)C4)c3n2)nn1. The summed E-state index contributed by atoms with van der Waals surface area (Å²) in [5.74, 6) is -0.422. The third-order valence-electron chi connectivity index (χ3n) is 5.94. The lowest BCUT2D eigenvalue weighted by Crippen LogP contribution is -2.66. The van der Waals surface area contributed by atoms with Gasteiger partial charge in [-0.2, -0.15) is 0 Å². The average Bonchev–Trinajstić information content (AvgIpc) is 3.19. The van der Waals surface area contributed by atoms with Crippen molar-refractivity contribution >= 4 is 17.3 Å². The zero-order valence-electron chi connectivity index (χ0n) is 15.3. The monoisotopic (exact) mass is 380 g/mol. The number of nitrogens with zero attached hydrogens (tertiary/aromatic N) is 6. The first-order valence-corrected chi connectivity index (χ1v) is 9.56. The van der Waals surface area contributed by atoms with E-state index in [1.165, 1.54) is 35.0 Å². The zero-order chi connectivity index (χ0) is 18.9. The molecule has 2 aliphatic heterocycles. The van der Waals surface area contributed by atoms with Gasteiger partial charge in [0.25, 0.3) is 0 Å². The van der Waals surface area contributed by atoms with Crippen LogP contribution in [0, 0.1) is 5.41 Å². The second-order valence-corrected chi connectivity index (χ2v) is 8.35. The lowest BCUT2D eigenvalue weighted by Gasteiger charge is -2.56. The number of carboxylic acid groups (broad SMARTS) is 1. The Morgan fingerprint density at radius 3 is 2.71 bits per heavy atom. The Morgan fingerprint density at radius 2 is 2.07 bits per heavy atom. The largest absolute Gasteiger partial charge is 0.476 e. The number of rotatable bonds is 5. The van der Waals surface area contributed by atoms with Gasteiger partial charge in [0.05, 0.1) is 42.8 Å². The summed E-state index contributed by atoms with van der Waals surface area (Å²) in [7, 11) is 0. The molecule has 1 N–H and O–H groups in total. The third-order valence-corrected chi connectivity index (χ3v) is 5.94. The van der Waals surface area contributed by atoms with Crippen molar-refractivity contribution in [2.75, 3.05) is 31.2 Å². The molecule has 3 aliphatic rings. The van der Waals surface area contributed by atoms with Crippen molar-refractivity contribution in [1.82, 2.24) is 24.4 Å². The summed E-state index contributed by atoms with van der Waals surface area (Å²) in [6.45, 7) is 4.14. The number of carboxylic acids is 1. The summed E-state index contributed by atoms with van der Waals surface area (Å²) in [5.41, 5.74) is 4.60. The van der Waals surface area contributed by atoms with E-state index in [4.69, 9.17) is 14.8 Å². The van der Waals surface area contributed by atoms with Crippen LogP contribution in [0.5, 0.6) is 0 Å². The van der Waals surface area contributed by atoms with Gasteiger partial charge in [-0.1, -0.05) is 5.21 Å². The maximum absolute atomic E-state index is 11.0. The molecule has 144 valence electrons. The van der Waals surface area contributed by atoms with E-state index < -0.39 is 5.97 Å². The van der Waals surface area contributed by atoms with Gasteiger partial charge in [-0.05, 0) is 30.4 Å². The third kappa shape index (κ3) is 2.50. The molecule has 2 saturated heterocycles. The van der Waals surface area contributed by atoms with E-state index in [2.05, 4.69) is 31.9 Å². The molecule has 3 fully saturated rings. The molecule has 1 saturated carbocycles. The van der Waals surface area contributed by atoms with Crippen LogP contribution in [0.1, 0.15) is 40.5 Å². The molecule has 0 bridgehead atoms. The number of anilines is 1. The molecule has 0 aromatic carbocycles. The Bertz CT molecular complexity index is 1090. The van der Waals surface area contributed by atoms with E-state index in [0.717, 1.165) is 37.6 Å². The van der Waals surface area contributed by atoms with Gasteiger partial charge in [-0.3, -0.25) is 0 Å². The van der Waals surface area contributed by atoms with Gasteiger partial charge in [-0.25, -0.2) is 14.5 Å². The van der Waals surface area contributed by atoms with Gasteiger partial charge in [0.2, 0.25) is 0 Å². The van der Waals surface area contributed by atoms with Crippen LogP contribution in [0.3, 0.4) is 0 Å². The van der Waals surface area contributed by atoms with Crippen molar-refractivity contribution in [2.45, 2.75) is 25.3 Å². The molecule has 3 aromatic heterocycles. The normalized spacial score (nSPS) is 20.4. The first-order chi connectivity index (χ1) is 13.6. The van der Waals surface area contributed by atoms with Crippen LogP contribution in [0.4, 0.5) is 5.69 Å². The van der Waals surface area contributed by atoms with Crippen LogP contribution in [-0.4, -0.2) is 61.8 Å². The standard InChI is InChI=1S/C19H20N6O3/c26-18(27)15-7-25(22-21-15)6-14-5-23-4-13(12-1-2-12)3-16(17(23)20-14)24-8-19(9-24)10-28-11-19/h3-5,7,12H,1-2,6,8-11H2,(H,26,27). The number of carbonyl (C=O) groups is 1. The highest BCUT2D eigenvalue weighted by molar-refractivity contribution is 5.84. The summed E-state index contributed by atoms with van der Waals surface area (Å²) < 4.78 is 9.03. The lowest BCUT2D eigenvalue weighted by atomic mass is 9.78. The second kappa shape index (κ2) is 5.54. The summed E-state index contributed by atoms with van der Waals surface area (Å²) in [5, 5.41) is 16.6. The number of imidazole rings is 1. The molecule has 9 nitrogen and oxygen atoms in total. The molecule has 28 heavy (non-hydrogen) atoms. The number of aromatic nitrogens is 5. The minimum absolute atomic E-state index is 0.0610. The van der Waals surface area contributed by atoms with Gasteiger partial charge in [0.1, 0.15) is 0 Å². The Labute approximate surface area is 160 Å². The maximum atomic E-state index is 11.0. The quantitative estimate of drug-likeness (QED) is 0.714. The Hall–Kier alpha value is -2.94. The van der Waals surface area contributed by atoms with Crippen molar-refractivity contribution in [3.8, 4) is 0 Å². The molecular weight excluding hydrogens is 360 g/mol. The number of hydrogen-bond donors (Lipinski definition) is 1. The second-order valence-electron chi connectivity index (χ2n) is 8.35. The van der Waals surface area contributed by atoms with Crippen molar-refractivity contribution < 1.29 is 14.6 Å². The van der Waals surface area contributed by atoms with E-state index >= 15 is 0 Å². The number of hydrogen-bond acceptors (Lipinski definition) is 6. The fourth-order valence-corrected chi connectivity index (χ4v) is 4.25. The minimum atomic E-state index is -1.08. The highest BCUT2D eigenvalue weighted by Gasteiger charge is 2.49. The fraction of sp³-hybridized carbons (Fsp3) is 0.474. The van der Waals surface area contributed by atoms with Crippen molar-refractivity contribution in [3.05, 3.63) is 41.6 Å². The maximum Gasteiger partial charge on any atom is 0.358 e. The number of fused-ring (bicyclic) bond motifs is 1. The molecule has 5 heterocycles. The summed E-state index contributed by atoms with van der Waals surface area (Å²) >= 11 is 0.